The number of amides is 1. The number of nitrogens with zero attached hydrogens (tertiary/aromatic N) is 1. The number of hydrogen-bond acceptors (Lipinski definition) is 3. The van der Waals surface area contributed by atoms with Crippen molar-refractivity contribution in [1.82, 2.24) is 5.01 Å². The number of aryl methyl sites for hydroxylation is 1. The number of carbonyl (C=O) groups excluding carboxylic acids is 1. The maximum absolute atomic E-state index is 11.3. The summed E-state index contributed by atoms with van der Waals surface area (Å²) >= 11 is 0. The number of hydrazine groups is 1. The highest BCUT2D eigenvalue weighted by atomic mass is 16.5. The lowest BCUT2D eigenvalue weighted by atomic mass is 10.1. The predicted molar refractivity (Wildman–Crippen MR) is 76.7 cm³/mol. The summed E-state index contributed by atoms with van der Waals surface area (Å²) in [6.45, 7) is 4.03. The average Bonchev–Trinajstić information content (AvgIpc) is 2.35. The largest absolute Gasteiger partial charge is 0.491 e. The minimum atomic E-state index is -0.0133. The van der Waals surface area contributed by atoms with Gasteiger partial charge in [0.2, 0.25) is 5.91 Å². The van der Waals surface area contributed by atoms with Crippen LogP contribution in [0.2, 0.25) is 0 Å². The van der Waals surface area contributed by atoms with E-state index in [-0.39, 0.29) is 12.0 Å². The molecule has 1 rings (SSSR count). The lowest BCUT2D eigenvalue weighted by Gasteiger charge is -2.10. The lowest BCUT2D eigenvalue weighted by molar-refractivity contribution is -0.130. The summed E-state index contributed by atoms with van der Waals surface area (Å²) < 4.78 is 5.59. The molecule has 19 heavy (non-hydrogen) atoms. The number of unbranched alkanes of at least 4 members (excludes halogenated alkanes) is 1. The van der Waals surface area contributed by atoms with E-state index in [1.54, 1.807) is 7.05 Å². The van der Waals surface area contributed by atoms with Crippen LogP contribution in [-0.2, 0) is 11.2 Å². The summed E-state index contributed by atoms with van der Waals surface area (Å²) in [5.41, 5.74) is 1.27. The molecule has 106 valence electrons. The van der Waals surface area contributed by atoms with Gasteiger partial charge in [0, 0.05) is 13.5 Å². The van der Waals surface area contributed by atoms with Gasteiger partial charge in [0.1, 0.15) is 5.75 Å². The van der Waals surface area contributed by atoms with Gasteiger partial charge in [-0.2, -0.15) is 0 Å². The number of benzene rings is 1. The molecular formula is C15H24N2O2. The maximum atomic E-state index is 11.3. The fourth-order valence-corrected chi connectivity index (χ4v) is 1.79. The van der Waals surface area contributed by atoms with Crippen molar-refractivity contribution < 1.29 is 9.53 Å². The average molecular weight is 264 g/mol. The van der Waals surface area contributed by atoms with Crippen molar-refractivity contribution in [2.45, 2.75) is 45.6 Å². The molecule has 0 aromatic heterocycles. The van der Waals surface area contributed by atoms with E-state index in [0.717, 1.165) is 30.0 Å². The van der Waals surface area contributed by atoms with E-state index in [1.165, 1.54) is 5.56 Å². The van der Waals surface area contributed by atoms with Gasteiger partial charge in [0.25, 0.3) is 0 Å². The fourth-order valence-electron chi connectivity index (χ4n) is 1.79. The Kier molecular flexibility index (Phi) is 6.36. The van der Waals surface area contributed by atoms with Gasteiger partial charge < -0.3 is 4.74 Å². The second kappa shape index (κ2) is 7.79. The zero-order valence-corrected chi connectivity index (χ0v) is 12.1. The molecule has 0 heterocycles. The van der Waals surface area contributed by atoms with E-state index in [1.807, 2.05) is 26.0 Å². The summed E-state index contributed by atoms with van der Waals surface area (Å²) in [7, 11) is 1.58. The second-order valence-corrected chi connectivity index (χ2v) is 5.02. The monoisotopic (exact) mass is 264 g/mol. The molecule has 1 aromatic rings. The molecular weight excluding hydrogens is 240 g/mol. The molecule has 0 aliphatic heterocycles. The van der Waals surface area contributed by atoms with Gasteiger partial charge in [0.15, 0.2) is 0 Å². The van der Waals surface area contributed by atoms with Crippen LogP contribution in [0.1, 0.15) is 38.7 Å². The molecule has 0 bridgehead atoms. The number of carbonyl (C=O) groups is 1. The van der Waals surface area contributed by atoms with Crippen molar-refractivity contribution in [3.63, 3.8) is 0 Å². The van der Waals surface area contributed by atoms with Gasteiger partial charge in [-0.05, 0) is 50.8 Å². The summed E-state index contributed by atoms with van der Waals surface area (Å²) in [5.74, 6) is 6.24. The van der Waals surface area contributed by atoms with Crippen molar-refractivity contribution in [2.75, 3.05) is 7.05 Å². The maximum Gasteiger partial charge on any atom is 0.236 e. The topological polar surface area (TPSA) is 55.6 Å². The molecule has 0 spiro atoms. The van der Waals surface area contributed by atoms with E-state index in [4.69, 9.17) is 10.6 Å². The molecule has 0 saturated heterocycles. The summed E-state index contributed by atoms with van der Waals surface area (Å²) in [5, 5.41) is 1.15. The Labute approximate surface area is 115 Å². The normalized spacial score (nSPS) is 10.6. The van der Waals surface area contributed by atoms with E-state index in [2.05, 4.69) is 12.1 Å². The number of ether oxygens (including phenoxy) is 1. The summed E-state index contributed by atoms with van der Waals surface area (Å²) in [6.07, 6.45) is 3.55. The quantitative estimate of drug-likeness (QED) is 0.356. The molecule has 0 radical (unpaired) electrons. The zero-order chi connectivity index (χ0) is 14.3. The van der Waals surface area contributed by atoms with Crippen molar-refractivity contribution in [3.05, 3.63) is 29.8 Å². The second-order valence-electron chi connectivity index (χ2n) is 5.02. The Morgan fingerprint density at radius 2 is 1.89 bits per heavy atom. The first-order chi connectivity index (χ1) is 8.99. The smallest absolute Gasteiger partial charge is 0.236 e. The van der Waals surface area contributed by atoms with Crippen LogP contribution >= 0.6 is 0 Å². The van der Waals surface area contributed by atoms with Crippen molar-refractivity contribution in [1.29, 1.82) is 0 Å². The van der Waals surface area contributed by atoms with Crippen LogP contribution in [-0.4, -0.2) is 24.1 Å². The van der Waals surface area contributed by atoms with Crippen molar-refractivity contribution in [3.8, 4) is 5.75 Å². The van der Waals surface area contributed by atoms with Crippen LogP contribution in [0.4, 0.5) is 0 Å². The molecule has 1 aromatic carbocycles. The Morgan fingerprint density at radius 1 is 1.26 bits per heavy atom. The van der Waals surface area contributed by atoms with Crippen molar-refractivity contribution >= 4 is 5.91 Å². The van der Waals surface area contributed by atoms with Crippen molar-refractivity contribution in [2.24, 2.45) is 5.84 Å². The molecule has 4 nitrogen and oxygen atoms in total. The van der Waals surface area contributed by atoms with Gasteiger partial charge in [-0.3, -0.25) is 9.80 Å². The first-order valence-electron chi connectivity index (χ1n) is 6.76. The minimum absolute atomic E-state index is 0.0133. The Bertz CT molecular complexity index is 386. The third-order valence-electron chi connectivity index (χ3n) is 2.79. The lowest BCUT2D eigenvalue weighted by Crippen LogP contribution is -2.32. The van der Waals surface area contributed by atoms with Gasteiger partial charge >= 0.3 is 0 Å². The third kappa shape index (κ3) is 6.25. The van der Waals surface area contributed by atoms with Crippen LogP contribution in [0, 0.1) is 0 Å². The third-order valence-corrected chi connectivity index (χ3v) is 2.79. The molecule has 0 atom stereocenters. The van der Waals surface area contributed by atoms with E-state index >= 15 is 0 Å². The summed E-state index contributed by atoms with van der Waals surface area (Å²) in [6, 6.07) is 8.14. The van der Waals surface area contributed by atoms with Gasteiger partial charge in [-0.25, -0.2) is 5.84 Å². The van der Waals surface area contributed by atoms with E-state index in [9.17, 15) is 4.79 Å². The SMILES string of the molecule is CC(C)Oc1ccc(CCCCC(=O)N(C)N)cc1. The first kappa shape index (κ1) is 15.5. The highest BCUT2D eigenvalue weighted by Crippen LogP contribution is 2.15. The fraction of sp³-hybridized carbons (Fsp3) is 0.533. The van der Waals surface area contributed by atoms with E-state index < -0.39 is 0 Å². The van der Waals surface area contributed by atoms with Gasteiger partial charge in [-0.15, -0.1) is 0 Å². The van der Waals surface area contributed by atoms with Crippen LogP contribution in [0.15, 0.2) is 24.3 Å². The van der Waals surface area contributed by atoms with Crippen LogP contribution in [0.3, 0.4) is 0 Å². The minimum Gasteiger partial charge on any atom is -0.491 e. The Balaban J connectivity index is 2.28. The number of rotatable bonds is 7. The highest BCUT2D eigenvalue weighted by Gasteiger charge is 2.04. The molecule has 0 saturated carbocycles. The molecule has 4 heteroatoms. The number of hydrogen-bond donors (Lipinski definition) is 1. The van der Waals surface area contributed by atoms with Gasteiger partial charge in [0.05, 0.1) is 6.10 Å². The Morgan fingerprint density at radius 3 is 2.42 bits per heavy atom. The molecule has 1 amide bonds. The molecule has 0 aliphatic rings. The standard InChI is InChI=1S/C15H24N2O2/c1-12(2)19-14-10-8-13(9-11-14)6-4-5-7-15(18)17(3)16/h8-12H,4-7,16H2,1-3H3. The predicted octanol–water partition coefficient (Wildman–Crippen LogP) is 2.52. The van der Waals surface area contributed by atoms with Crippen LogP contribution in [0.25, 0.3) is 0 Å². The molecule has 0 aliphatic carbocycles. The van der Waals surface area contributed by atoms with Crippen LogP contribution < -0.4 is 10.6 Å². The molecule has 0 fully saturated rings. The zero-order valence-electron chi connectivity index (χ0n) is 12.1. The Hall–Kier alpha value is -1.55. The molecule has 2 N–H and O–H groups in total. The van der Waals surface area contributed by atoms with Gasteiger partial charge in [-0.1, -0.05) is 12.1 Å². The molecule has 0 unspecified atom stereocenters. The first-order valence-corrected chi connectivity index (χ1v) is 6.76. The summed E-state index contributed by atoms with van der Waals surface area (Å²) in [4.78, 5) is 11.3. The van der Waals surface area contributed by atoms with E-state index in [0.29, 0.717) is 6.42 Å². The number of nitrogens with two attached hydrogens (primary N) is 1. The van der Waals surface area contributed by atoms with Crippen LogP contribution in [0.5, 0.6) is 5.75 Å². The highest BCUT2D eigenvalue weighted by molar-refractivity contribution is 5.75.